The molecule has 0 atom stereocenters. The van der Waals surface area contributed by atoms with Gasteiger partial charge in [0.15, 0.2) is 17.1 Å². The molecular weight excluding hydrogens is 543 g/mol. The van der Waals surface area contributed by atoms with Gasteiger partial charge in [-0.2, -0.15) is 0 Å². The van der Waals surface area contributed by atoms with Crippen LogP contribution in [0.25, 0.3) is 22.2 Å². The molecule has 0 fully saturated rings. The smallest absolute Gasteiger partial charge is 0.269 e. The third kappa shape index (κ3) is 3.79. The summed E-state index contributed by atoms with van der Waals surface area (Å²) in [6.07, 6.45) is 3.23. The number of ether oxygens (including phenoxy) is 3. The molecule has 0 spiro atoms. The second-order valence-corrected chi connectivity index (χ2v) is 10.1. The first-order valence-electron chi connectivity index (χ1n) is 9.59. The zero-order chi connectivity index (χ0) is 23.0. The second-order valence-electron chi connectivity index (χ2n) is 7.10. The van der Waals surface area contributed by atoms with Crippen LogP contribution in [0.3, 0.4) is 0 Å². The van der Waals surface area contributed by atoms with Crippen LogP contribution in [0, 0.1) is 10.5 Å². The summed E-state index contributed by atoms with van der Waals surface area (Å²) in [6, 6.07) is 12.3. The monoisotopic (exact) mass is 564 g/mol. The number of rotatable bonds is 6. The van der Waals surface area contributed by atoms with Gasteiger partial charge in [-0.15, -0.1) is 0 Å². The Morgan fingerprint density at radius 1 is 0.906 bits per heavy atom. The Morgan fingerprint density at radius 2 is 1.53 bits per heavy atom. The highest BCUT2D eigenvalue weighted by molar-refractivity contribution is 14.1. The number of aromatic nitrogens is 2. The fraction of sp³-hybridized carbons (Fsp3) is 0.174. The predicted octanol–water partition coefficient (Wildman–Crippen LogP) is 4.88. The number of pyridine rings is 1. The van der Waals surface area contributed by atoms with E-state index < -0.39 is 10.0 Å². The molecular formula is C23H21IN2O5S. The van der Waals surface area contributed by atoms with Crippen molar-refractivity contribution in [1.29, 1.82) is 0 Å². The Hall–Kier alpha value is -2.79. The van der Waals surface area contributed by atoms with Gasteiger partial charge in [0, 0.05) is 26.9 Å². The van der Waals surface area contributed by atoms with E-state index >= 15 is 0 Å². The Morgan fingerprint density at radius 3 is 2.09 bits per heavy atom. The topological polar surface area (TPSA) is 79.7 Å². The molecule has 0 N–H and O–H groups in total. The minimum Gasteiger partial charge on any atom is -0.493 e. The molecule has 7 nitrogen and oxygen atoms in total. The molecule has 0 saturated heterocycles. The number of methoxy groups -OCH3 is 3. The van der Waals surface area contributed by atoms with Crippen LogP contribution in [0.2, 0.25) is 0 Å². The highest BCUT2D eigenvalue weighted by Crippen LogP contribution is 2.41. The molecule has 0 aliphatic heterocycles. The number of fused-ring (bicyclic) bond motifs is 1. The van der Waals surface area contributed by atoms with E-state index in [0.29, 0.717) is 22.9 Å². The number of benzene rings is 2. The van der Waals surface area contributed by atoms with E-state index in [9.17, 15) is 8.42 Å². The van der Waals surface area contributed by atoms with Crippen LogP contribution in [0.5, 0.6) is 17.2 Å². The van der Waals surface area contributed by atoms with Gasteiger partial charge in [0.1, 0.15) is 0 Å². The van der Waals surface area contributed by atoms with Gasteiger partial charge in [0.05, 0.1) is 26.2 Å². The lowest BCUT2D eigenvalue weighted by Gasteiger charge is -2.14. The molecule has 2 aromatic heterocycles. The lowest BCUT2D eigenvalue weighted by Crippen LogP contribution is -2.12. The number of hydrogen-bond acceptors (Lipinski definition) is 6. The number of aryl methyl sites for hydroxylation is 1. The average Bonchev–Trinajstić information content (AvgIpc) is 3.15. The maximum Gasteiger partial charge on any atom is 0.269 e. The van der Waals surface area contributed by atoms with Gasteiger partial charge >= 0.3 is 0 Å². The van der Waals surface area contributed by atoms with Crippen LogP contribution in [0.1, 0.15) is 5.56 Å². The summed E-state index contributed by atoms with van der Waals surface area (Å²) in [7, 11) is 0.886. The fourth-order valence-corrected chi connectivity index (χ4v) is 5.64. The standard InChI is InChI=1S/C23H21IN2O5S/c1-14-5-7-17(8-6-14)32(27,28)26-13-19(24)18-9-16(12-25-23(18)26)15-10-20(29-2)22(31-4)21(11-15)30-3/h5-13H,1-4H3. The number of nitrogens with zero attached hydrogens (tertiary/aromatic N) is 2. The molecule has 0 bridgehead atoms. The Labute approximate surface area is 200 Å². The van der Waals surface area contributed by atoms with Crippen molar-refractivity contribution in [2.75, 3.05) is 21.3 Å². The molecule has 4 rings (SSSR count). The van der Waals surface area contributed by atoms with Crippen LogP contribution in [0.4, 0.5) is 0 Å². The molecule has 0 radical (unpaired) electrons. The SMILES string of the molecule is COc1cc(-c2cnc3c(c2)c(I)cn3S(=O)(=O)c2ccc(C)cc2)cc(OC)c1OC. The van der Waals surface area contributed by atoms with Crippen LogP contribution in [0.15, 0.2) is 59.8 Å². The summed E-state index contributed by atoms with van der Waals surface area (Å²) in [5, 5.41) is 0.729. The summed E-state index contributed by atoms with van der Waals surface area (Å²) in [4.78, 5) is 4.72. The molecule has 2 heterocycles. The second kappa shape index (κ2) is 8.62. The van der Waals surface area contributed by atoms with Gasteiger partial charge in [-0.1, -0.05) is 17.7 Å². The van der Waals surface area contributed by atoms with Gasteiger partial charge in [0.2, 0.25) is 5.75 Å². The quantitative estimate of drug-likeness (QED) is 0.311. The van der Waals surface area contributed by atoms with Crippen LogP contribution in [-0.2, 0) is 10.0 Å². The fourth-order valence-electron chi connectivity index (χ4n) is 3.46. The Kier molecular flexibility index (Phi) is 6.04. The molecule has 166 valence electrons. The van der Waals surface area contributed by atoms with Crippen molar-refractivity contribution in [1.82, 2.24) is 8.96 Å². The number of halogens is 1. The first kappa shape index (κ1) is 22.4. The maximum atomic E-state index is 13.2. The molecule has 0 aliphatic carbocycles. The lowest BCUT2D eigenvalue weighted by atomic mass is 10.1. The van der Waals surface area contributed by atoms with Crippen LogP contribution in [-0.4, -0.2) is 38.7 Å². The normalized spacial score (nSPS) is 11.5. The Balaban J connectivity index is 1.86. The van der Waals surface area contributed by atoms with Gasteiger partial charge in [-0.25, -0.2) is 17.4 Å². The van der Waals surface area contributed by atoms with Gasteiger partial charge < -0.3 is 14.2 Å². The Bertz CT molecular complexity index is 1390. The van der Waals surface area contributed by atoms with E-state index in [4.69, 9.17) is 14.2 Å². The first-order chi connectivity index (χ1) is 15.3. The lowest BCUT2D eigenvalue weighted by molar-refractivity contribution is 0.324. The van der Waals surface area contributed by atoms with E-state index in [-0.39, 0.29) is 4.90 Å². The van der Waals surface area contributed by atoms with Gasteiger partial charge in [-0.05, 0) is 65.4 Å². The van der Waals surface area contributed by atoms with Crippen molar-refractivity contribution < 1.29 is 22.6 Å². The molecule has 2 aromatic carbocycles. The van der Waals surface area contributed by atoms with Crippen molar-refractivity contribution in [3.05, 3.63) is 64.0 Å². The average molecular weight is 564 g/mol. The zero-order valence-corrected chi connectivity index (χ0v) is 20.9. The summed E-state index contributed by atoms with van der Waals surface area (Å²) in [5.74, 6) is 1.55. The molecule has 0 aliphatic rings. The zero-order valence-electron chi connectivity index (χ0n) is 17.9. The highest BCUT2D eigenvalue weighted by atomic mass is 127. The minimum absolute atomic E-state index is 0.215. The van der Waals surface area contributed by atoms with E-state index in [2.05, 4.69) is 27.6 Å². The third-order valence-corrected chi connectivity index (χ3v) is 7.66. The molecule has 0 unspecified atom stereocenters. The van der Waals surface area contributed by atoms with Crippen LogP contribution >= 0.6 is 22.6 Å². The van der Waals surface area contributed by atoms with Crippen molar-refractivity contribution in [2.24, 2.45) is 0 Å². The largest absolute Gasteiger partial charge is 0.493 e. The van der Waals surface area contributed by atoms with Crippen molar-refractivity contribution in [3.63, 3.8) is 0 Å². The molecule has 9 heteroatoms. The van der Waals surface area contributed by atoms with E-state index in [1.54, 1.807) is 58.0 Å². The summed E-state index contributed by atoms with van der Waals surface area (Å²) >= 11 is 2.12. The van der Waals surface area contributed by atoms with E-state index in [1.165, 1.54) is 3.97 Å². The van der Waals surface area contributed by atoms with Gasteiger partial charge in [0.25, 0.3) is 10.0 Å². The minimum atomic E-state index is -3.78. The molecule has 0 saturated carbocycles. The summed E-state index contributed by atoms with van der Waals surface area (Å²) < 4.78 is 44.8. The third-order valence-electron chi connectivity index (χ3n) is 5.14. The molecule has 4 aromatic rings. The van der Waals surface area contributed by atoms with E-state index in [0.717, 1.165) is 25.6 Å². The van der Waals surface area contributed by atoms with Crippen LogP contribution < -0.4 is 14.2 Å². The predicted molar refractivity (Wildman–Crippen MR) is 131 cm³/mol. The first-order valence-corrected chi connectivity index (χ1v) is 12.1. The maximum absolute atomic E-state index is 13.2. The molecule has 0 amide bonds. The summed E-state index contributed by atoms with van der Waals surface area (Å²) in [6.45, 7) is 1.91. The van der Waals surface area contributed by atoms with Crippen molar-refractivity contribution in [2.45, 2.75) is 11.8 Å². The highest BCUT2D eigenvalue weighted by Gasteiger charge is 2.22. The molecule has 32 heavy (non-hydrogen) atoms. The van der Waals surface area contributed by atoms with E-state index in [1.807, 2.05) is 25.1 Å². The van der Waals surface area contributed by atoms with Crippen molar-refractivity contribution in [3.8, 4) is 28.4 Å². The van der Waals surface area contributed by atoms with Crippen molar-refractivity contribution >= 4 is 43.6 Å². The van der Waals surface area contributed by atoms with Gasteiger partial charge in [-0.3, -0.25) is 0 Å². The summed E-state index contributed by atoms with van der Waals surface area (Å²) in [5.41, 5.74) is 2.95. The number of hydrogen-bond donors (Lipinski definition) is 0.